The standard InChI is InChI=1S/C14H16ClNO6/c15-8-2-1-7-3-4-16(9(7)5-8)22-14-13(20)12(19)11(18)10(6-17)21-14/h1-5,10-14,17-20H,6H2/t10-,11+,12-,13-,14+/m1/s1. The van der Waals surface area contributed by atoms with E-state index in [2.05, 4.69) is 0 Å². The van der Waals surface area contributed by atoms with E-state index < -0.39 is 37.3 Å². The lowest BCUT2D eigenvalue weighted by atomic mass is 9.99. The van der Waals surface area contributed by atoms with Crippen molar-refractivity contribution < 1.29 is 30.0 Å². The Hall–Kier alpha value is -1.35. The molecule has 4 N–H and O–H groups in total. The van der Waals surface area contributed by atoms with Gasteiger partial charge in [0.1, 0.15) is 24.4 Å². The number of aliphatic hydroxyl groups is 4. The second kappa shape index (κ2) is 6.04. The van der Waals surface area contributed by atoms with Crippen molar-refractivity contribution >= 4 is 22.5 Å². The van der Waals surface area contributed by atoms with Gasteiger partial charge in [-0.25, -0.2) is 0 Å². The van der Waals surface area contributed by atoms with Crippen molar-refractivity contribution in [2.75, 3.05) is 6.61 Å². The molecule has 0 unspecified atom stereocenters. The molecule has 1 aromatic heterocycles. The van der Waals surface area contributed by atoms with Crippen molar-refractivity contribution in [3.63, 3.8) is 0 Å². The zero-order valence-corrected chi connectivity index (χ0v) is 12.2. The Labute approximate surface area is 130 Å². The van der Waals surface area contributed by atoms with Crippen LogP contribution in [0.15, 0.2) is 30.5 Å². The normalized spacial score (nSPS) is 32.3. The molecule has 120 valence electrons. The van der Waals surface area contributed by atoms with E-state index in [0.29, 0.717) is 10.5 Å². The predicted molar refractivity (Wildman–Crippen MR) is 77.3 cm³/mol. The molecule has 0 saturated carbocycles. The summed E-state index contributed by atoms with van der Waals surface area (Å²) in [6.45, 7) is -0.511. The van der Waals surface area contributed by atoms with E-state index in [1.807, 2.05) is 6.07 Å². The quantitative estimate of drug-likeness (QED) is 0.606. The largest absolute Gasteiger partial charge is 0.394 e. The van der Waals surface area contributed by atoms with Crippen molar-refractivity contribution in [3.8, 4) is 0 Å². The maximum absolute atomic E-state index is 9.97. The van der Waals surface area contributed by atoms with Gasteiger partial charge in [0.05, 0.1) is 12.1 Å². The van der Waals surface area contributed by atoms with Crippen molar-refractivity contribution in [1.82, 2.24) is 4.73 Å². The third kappa shape index (κ3) is 2.67. The van der Waals surface area contributed by atoms with Gasteiger partial charge in [0.15, 0.2) is 0 Å². The Morgan fingerprint density at radius 3 is 2.64 bits per heavy atom. The zero-order valence-electron chi connectivity index (χ0n) is 11.4. The van der Waals surface area contributed by atoms with Crippen molar-refractivity contribution in [2.45, 2.75) is 30.7 Å². The molecular weight excluding hydrogens is 314 g/mol. The van der Waals surface area contributed by atoms with Crippen LogP contribution in [0.25, 0.3) is 10.9 Å². The fourth-order valence-electron chi connectivity index (χ4n) is 2.44. The summed E-state index contributed by atoms with van der Waals surface area (Å²) in [6, 6.07) is 7.02. The summed E-state index contributed by atoms with van der Waals surface area (Å²) in [4.78, 5) is 5.53. The van der Waals surface area contributed by atoms with Crippen LogP contribution in [0, 0.1) is 0 Å². The lowest BCUT2D eigenvalue weighted by molar-refractivity contribution is -0.299. The van der Waals surface area contributed by atoms with Crippen LogP contribution in [0.5, 0.6) is 0 Å². The number of fused-ring (bicyclic) bond motifs is 1. The summed E-state index contributed by atoms with van der Waals surface area (Å²) in [5, 5.41) is 40.0. The SMILES string of the molecule is OC[C@H]1O[C@@H](On2ccc3ccc(Cl)cc32)[C@H](O)[C@H](O)[C@H]1O. The number of rotatable bonds is 3. The first-order chi connectivity index (χ1) is 10.5. The number of aromatic nitrogens is 1. The average Bonchev–Trinajstić information content (AvgIpc) is 2.90. The van der Waals surface area contributed by atoms with Crippen LogP contribution in [-0.4, -0.2) is 62.5 Å². The molecule has 2 heterocycles. The van der Waals surface area contributed by atoms with Crippen molar-refractivity contribution in [2.24, 2.45) is 0 Å². The van der Waals surface area contributed by atoms with Gasteiger partial charge in [0, 0.05) is 16.6 Å². The molecule has 2 aromatic rings. The van der Waals surface area contributed by atoms with Crippen LogP contribution in [0.2, 0.25) is 5.02 Å². The van der Waals surface area contributed by atoms with E-state index in [4.69, 9.17) is 26.3 Å². The molecule has 5 atom stereocenters. The van der Waals surface area contributed by atoms with E-state index in [0.717, 1.165) is 5.39 Å². The highest BCUT2D eigenvalue weighted by Gasteiger charge is 2.45. The highest BCUT2D eigenvalue weighted by Crippen LogP contribution is 2.23. The van der Waals surface area contributed by atoms with Crippen molar-refractivity contribution in [3.05, 3.63) is 35.5 Å². The van der Waals surface area contributed by atoms with E-state index >= 15 is 0 Å². The minimum Gasteiger partial charge on any atom is -0.394 e. The number of benzene rings is 1. The molecule has 8 heteroatoms. The van der Waals surface area contributed by atoms with Crippen LogP contribution in [0.1, 0.15) is 0 Å². The van der Waals surface area contributed by atoms with Gasteiger partial charge in [-0.05, 0) is 18.2 Å². The molecule has 1 saturated heterocycles. The molecule has 0 amide bonds. The van der Waals surface area contributed by atoms with E-state index in [1.165, 1.54) is 4.73 Å². The molecule has 3 rings (SSSR count). The number of hydrogen-bond donors (Lipinski definition) is 4. The number of hydrogen-bond acceptors (Lipinski definition) is 6. The second-order valence-electron chi connectivity index (χ2n) is 5.15. The summed E-state index contributed by atoms with van der Waals surface area (Å²) in [5.41, 5.74) is 0.657. The predicted octanol–water partition coefficient (Wildman–Crippen LogP) is -0.477. The maximum atomic E-state index is 9.97. The summed E-state index contributed by atoms with van der Waals surface area (Å²) in [7, 11) is 0. The van der Waals surface area contributed by atoms with E-state index in [-0.39, 0.29) is 0 Å². The van der Waals surface area contributed by atoms with Gasteiger partial charge in [-0.3, -0.25) is 0 Å². The Morgan fingerprint density at radius 1 is 1.14 bits per heavy atom. The van der Waals surface area contributed by atoms with Crippen LogP contribution in [-0.2, 0) is 4.74 Å². The molecule has 22 heavy (non-hydrogen) atoms. The highest BCUT2D eigenvalue weighted by molar-refractivity contribution is 6.31. The summed E-state index contributed by atoms with van der Waals surface area (Å²) in [6.07, 6.45) is -5.02. The third-order valence-corrected chi connectivity index (χ3v) is 3.92. The Morgan fingerprint density at radius 2 is 1.91 bits per heavy atom. The molecule has 0 aliphatic carbocycles. The van der Waals surface area contributed by atoms with E-state index in [1.54, 1.807) is 24.4 Å². The summed E-state index contributed by atoms with van der Waals surface area (Å²) >= 11 is 5.95. The fraction of sp³-hybridized carbons (Fsp3) is 0.429. The molecule has 1 aliphatic rings. The lowest BCUT2D eigenvalue weighted by Gasteiger charge is -2.39. The smallest absolute Gasteiger partial charge is 0.254 e. The molecule has 1 aromatic carbocycles. The molecule has 1 fully saturated rings. The first-order valence-electron chi connectivity index (χ1n) is 6.75. The molecule has 1 aliphatic heterocycles. The second-order valence-corrected chi connectivity index (χ2v) is 5.58. The molecule has 7 nitrogen and oxygen atoms in total. The molecule has 0 radical (unpaired) electrons. The van der Waals surface area contributed by atoms with E-state index in [9.17, 15) is 15.3 Å². The van der Waals surface area contributed by atoms with Crippen LogP contribution in [0.4, 0.5) is 0 Å². The molecule has 0 bridgehead atoms. The van der Waals surface area contributed by atoms with Crippen molar-refractivity contribution in [1.29, 1.82) is 0 Å². The summed E-state index contributed by atoms with van der Waals surface area (Å²) in [5.74, 6) is 0. The minimum absolute atomic E-state index is 0.511. The van der Waals surface area contributed by atoms with Crippen LogP contribution < -0.4 is 4.84 Å². The average molecular weight is 330 g/mol. The van der Waals surface area contributed by atoms with Gasteiger partial charge < -0.3 is 30.0 Å². The fourth-order valence-corrected chi connectivity index (χ4v) is 2.60. The Balaban J connectivity index is 1.85. The highest BCUT2D eigenvalue weighted by atomic mass is 35.5. The first-order valence-corrected chi connectivity index (χ1v) is 7.13. The van der Waals surface area contributed by atoms with Crippen LogP contribution in [0.3, 0.4) is 0 Å². The number of aliphatic hydroxyl groups excluding tert-OH is 4. The summed E-state index contributed by atoms with van der Waals surface area (Å²) < 4.78 is 6.65. The van der Waals surface area contributed by atoms with Crippen LogP contribution >= 0.6 is 11.6 Å². The number of halogens is 1. The topological polar surface area (TPSA) is 104 Å². The van der Waals surface area contributed by atoms with Gasteiger partial charge in [-0.1, -0.05) is 17.7 Å². The van der Waals surface area contributed by atoms with Gasteiger partial charge in [0.25, 0.3) is 6.29 Å². The Kier molecular flexibility index (Phi) is 4.26. The number of nitrogens with zero attached hydrogens (tertiary/aromatic N) is 1. The van der Waals surface area contributed by atoms with Gasteiger partial charge in [-0.15, -0.1) is 0 Å². The first kappa shape index (κ1) is 15.5. The maximum Gasteiger partial charge on any atom is 0.254 e. The Bertz CT molecular complexity index is 660. The van der Waals surface area contributed by atoms with Gasteiger partial charge in [-0.2, -0.15) is 4.73 Å². The molecular formula is C14H16ClNO6. The van der Waals surface area contributed by atoms with Gasteiger partial charge in [0.2, 0.25) is 0 Å². The number of ether oxygens (including phenoxy) is 1. The lowest BCUT2D eigenvalue weighted by Crippen LogP contribution is -2.61. The monoisotopic (exact) mass is 329 g/mol. The van der Waals surface area contributed by atoms with Gasteiger partial charge >= 0.3 is 0 Å². The zero-order chi connectivity index (χ0) is 15.9. The minimum atomic E-state index is -1.48. The molecule has 0 spiro atoms. The third-order valence-electron chi connectivity index (χ3n) is 3.69.